The van der Waals surface area contributed by atoms with Crippen LogP contribution >= 0.6 is 0 Å². The standard InChI is InChI=1S/C15H29N3/c1(3-7-12-18-13-11-16-14-18)2-4-8-15-9-5-6-10-17-15/h10,15-16H,1-9,11-14H2. The van der Waals surface area contributed by atoms with Gasteiger partial charge in [-0.1, -0.05) is 25.7 Å². The van der Waals surface area contributed by atoms with Crippen molar-refractivity contribution in [1.29, 1.82) is 0 Å². The Morgan fingerprint density at radius 3 is 2.83 bits per heavy atom. The maximum Gasteiger partial charge on any atom is 0.0495 e. The third kappa shape index (κ3) is 5.49. The number of nitrogens with one attached hydrogen (secondary N) is 1. The smallest absolute Gasteiger partial charge is 0.0495 e. The molecule has 18 heavy (non-hydrogen) atoms. The summed E-state index contributed by atoms with van der Waals surface area (Å²) in [6.45, 7) is 4.83. The molecule has 1 unspecified atom stereocenters. The van der Waals surface area contributed by atoms with E-state index in [1.165, 1.54) is 77.4 Å². The molecule has 0 aromatic carbocycles. The van der Waals surface area contributed by atoms with E-state index in [-0.39, 0.29) is 0 Å². The van der Waals surface area contributed by atoms with Crippen LogP contribution < -0.4 is 5.32 Å². The zero-order valence-electron chi connectivity index (χ0n) is 11.7. The molecule has 0 amide bonds. The van der Waals surface area contributed by atoms with Gasteiger partial charge in [0.15, 0.2) is 0 Å². The number of nitrogens with zero attached hydrogens (tertiary/aromatic N) is 2. The van der Waals surface area contributed by atoms with Gasteiger partial charge in [-0.15, -0.1) is 0 Å². The highest BCUT2D eigenvalue weighted by atomic mass is 15.3. The van der Waals surface area contributed by atoms with Crippen molar-refractivity contribution in [2.24, 2.45) is 4.99 Å². The highest BCUT2D eigenvalue weighted by molar-refractivity contribution is 5.58. The molecule has 2 rings (SSSR count). The van der Waals surface area contributed by atoms with Crippen LogP contribution in [0.2, 0.25) is 0 Å². The van der Waals surface area contributed by atoms with E-state index in [1.807, 2.05) is 0 Å². The third-order valence-corrected chi connectivity index (χ3v) is 4.14. The normalized spacial score (nSPS) is 24.8. The fourth-order valence-electron chi connectivity index (χ4n) is 2.95. The number of hydrogen-bond acceptors (Lipinski definition) is 3. The predicted octanol–water partition coefficient (Wildman–Crippen LogP) is 2.81. The van der Waals surface area contributed by atoms with Crippen LogP contribution in [0.4, 0.5) is 0 Å². The first-order chi connectivity index (χ1) is 8.95. The number of unbranched alkanes of at least 4 members (excludes halogenated alkanes) is 4. The van der Waals surface area contributed by atoms with Gasteiger partial charge < -0.3 is 5.32 Å². The molecule has 1 fully saturated rings. The van der Waals surface area contributed by atoms with Crippen LogP contribution in [0.25, 0.3) is 0 Å². The Balaban J connectivity index is 1.37. The lowest BCUT2D eigenvalue weighted by Gasteiger charge is -2.15. The second-order valence-corrected chi connectivity index (χ2v) is 5.75. The van der Waals surface area contributed by atoms with Crippen LogP contribution in [0.3, 0.4) is 0 Å². The Bertz CT molecular complexity index is 234. The lowest BCUT2D eigenvalue weighted by atomic mass is 10.0. The fraction of sp³-hybridized carbons (Fsp3) is 0.933. The van der Waals surface area contributed by atoms with Crippen molar-refractivity contribution in [3.63, 3.8) is 0 Å². The van der Waals surface area contributed by atoms with E-state index in [1.54, 1.807) is 0 Å². The van der Waals surface area contributed by atoms with Crippen LogP contribution in [0, 0.1) is 0 Å². The molecular formula is C15H29N3. The zero-order chi connectivity index (χ0) is 12.5. The summed E-state index contributed by atoms with van der Waals surface area (Å²) >= 11 is 0. The minimum atomic E-state index is 0.662. The van der Waals surface area contributed by atoms with Gasteiger partial charge >= 0.3 is 0 Å². The van der Waals surface area contributed by atoms with Crippen LogP contribution in [-0.4, -0.2) is 43.5 Å². The van der Waals surface area contributed by atoms with E-state index in [0.717, 1.165) is 6.67 Å². The largest absolute Gasteiger partial charge is 0.303 e. The van der Waals surface area contributed by atoms with Crippen molar-refractivity contribution in [3.8, 4) is 0 Å². The van der Waals surface area contributed by atoms with Gasteiger partial charge in [0.25, 0.3) is 0 Å². The van der Waals surface area contributed by atoms with Crippen LogP contribution in [0.15, 0.2) is 4.99 Å². The predicted molar refractivity (Wildman–Crippen MR) is 78.3 cm³/mol. The van der Waals surface area contributed by atoms with E-state index >= 15 is 0 Å². The van der Waals surface area contributed by atoms with E-state index < -0.39 is 0 Å². The topological polar surface area (TPSA) is 27.6 Å². The summed E-state index contributed by atoms with van der Waals surface area (Å²) in [7, 11) is 0. The van der Waals surface area contributed by atoms with Crippen LogP contribution in [0.1, 0.15) is 57.8 Å². The number of rotatable bonds is 8. The van der Waals surface area contributed by atoms with Gasteiger partial charge in [-0.2, -0.15) is 0 Å². The molecule has 3 heteroatoms. The molecule has 0 aromatic heterocycles. The maximum atomic E-state index is 4.58. The van der Waals surface area contributed by atoms with Crippen molar-refractivity contribution in [3.05, 3.63) is 0 Å². The monoisotopic (exact) mass is 251 g/mol. The average molecular weight is 251 g/mol. The molecule has 2 heterocycles. The summed E-state index contributed by atoms with van der Waals surface area (Å²) in [6.07, 6.45) is 14.4. The molecule has 2 aliphatic rings. The summed E-state index contributed by atoms with van der Waals surface area (Å²) in [5.74, 6) is 0. The molecular weight excluding hydrogens is 222 g/mol. The molecule has 0 aromatic rings. The van der Waals surface area contributed by atoms with E-state index in [4.69, 9.17) is 0 Å². The van der Waals surface area contributed by atoms with Crippen molar-refractivity contribution < 1.29 is 0 Å². The van der Waals surface area contributed by atoms with Gasteiger partial charge in [0.05, 0.1) is 0 Å². The summed E-state index contributed by atoms with van der Waals surface area (Å²) in [5, 5.41) is 3.38. The van der Waals surface area contributed by atoms with Crippen LogP contribution in [0.5, 0.6) is 0 Å². The maximum absolute atomic E-state index is 4.58. The molecule has 0 aliphatic carbocycles. The first-order valence-electron chi connectivity index (χ1n) is 7.90. The van der Waals surface area contributed by atoms with Gasteiger partial charge in [-0.3, -0.25) is 9.89 Å². The average Bonchev–Trinajstić information content (AvgIpc) is 2.92. The Morgan fingerprint density at radius 2 is 2.06 bits per heavy atom. The summed E-state index contributed by atoms with van der Waals surface area (Å²) < 4.78 is 0. The Labute approximate surface area is 112 Å². The molecule has 0 bridgehead atoms. The van der Waals surface area contributed by atoms with Crippen molar-refractivity contribution in [1.82, 2.24) is 10.2 Å². The highest BCUT2D eigenvalue weighted by Crippen LogP contribution is 2.16. The summed E-state index contributed by atoms with van der Waals surface area (Å²) in [6, 6.07) is 0.662. The van der Waals surface area contributed by atoms with Gasteiger partial charge in [-0.25, -0.2) is 0 Å². The molecule has 1 saturated heterocycles. The molecule has 3 nitrogen and oxygen atoms in total. The molecule has 0 saturated carbocycles. The molecule has 104 valence electrons. The third-order valence-electron chi connectivity index (χ3n) is 4.14. The van der Waals surface area contributed by atoms with E-state index in [2.05, 4.69) is 21.4 Å². The number of hydrogen-bond donors (Lipinski definition) is 1. The quantitative estimate of drug-likeness (QED) is 0.672. The Kier molecular flexibility index (Phi) is 6.73. The second-order valence-electron chi connectivity index (χ2n) is 5.75. The number of aliphatic imine (C=N–C) groups is 1. The van der Waals surface area contributed by atoms with Crippen molar-refractivity contribution >= 4 is 6.21 Å². The van der Waals surface area contributed by atoms with E-state index in [0.29, 0.717) is 6.04 Å². The molecule has 0 radical (unpaired) electrons. The molecule has 1 atom stereocenters. The Morgan fingerprint density at radius 1 is 1.17 bits per heavy atom. The fourth-order valence-corrected chi connectivity index (χ4v) is 2.95. The van der Waals surface area contributed by atoms with Gasteiger partial charge in [-0.05, 0) is 44.9 Å². The van der Waals surface area contributed by atoms with Gasteiger partial charge in [0.1, 0.15) is 0 Å². The lowest BCUT2D eigenvalue weighted by Crippen LogP contribution is -2.23. The SMILES string of the molecule is C1=NC(CCCCCCCN2CCNC2)CCC1. The zero-order valence-corrected chi connectivity index (χ0v) is 11.7. The minimum Gasteiger partial charge on any atom is -0.303 e. The summed E-state index contributed by atoms with van der Waals surface area (Å²) in [4.78, 5) is 7.10. The molecule has 1 N–H and O–H groups in total. The first-order valence-corrected chi connectivity index (χ1v) is 7.90. The molecule has 0 spiro atoms. The van der Waals surface area contributed by atoms with Gasteiger partial charge in [0.2, 0.25) is 0 Å². The van der Waals surface area contributed by atoms with Crippen molar-refractivity contribution in [2.45, 2.75) is 63.8 Å². The first kappa shape index (κ1) is 14.0. The lowest BCUT2D eigenvalue weighted by molar-refractivity contribution is 0.324. The highest BCUT2D eigenvalue weighted by Gasteiger charge is 2.10. The Hall–Kier alpha value is -0.410. The second kappa shape index (κ2) is 8.65. The summed E-state index contributed by atoms with van der Waals surface area (Å²) in [5.41, 5.74) is 0. The van der Waals surface area contributed by atoms with Crippen molar-refractivity contribution in [2.75, 3.05) is 26.3 Å². The van der Waals surface area contributed by atoms with Crippen LogP contribution in [-0.2, 0) is 0 Å². The van der Waals surface area contributed by atoms with E-state index in [9.17, 15) is 0 Å². The molecule has 2 aliphatic heterocycles. The minimum absolute atomic E-state index is 0.662. The van der Waals surface area contributed by atoms with Gasteiger partial charge in [0, 0.05) is 25.8 Å².